The number of carboxylic acids is 1. The van der Waals surface area contributed by atoms with Gasteiger partial charge < -0.3 is 5.11 Å². The van der Waals surface area contributed by atoms with Crippen LogP contribution in [0.3, 0.4) is 0 Å². The third kappa shape index (κ3) is 4.09. The summed E-state index contributed by atoms with van der Waals surface area (Å²) in [6.07, 6.45) is 5.76. The fraction of sp³-hybridized carbons (Fsp3) is 0.632. The van der Waals surface area contributed by atoms with Crippen molar-refractivity contribution in [3.05, 3.63) is 35.4 Å². The Bertz CT molecular complexity index is 497. The smallest absolute Gasteiger partial charge is 0.309 e. The molecule has 0 bridgehead atoms. The van der Waals surface area contributed by atoms with Gasteiger partial charge >= 0.3 is 5.97 Å². The zero-order valence-corrected chi connectivity index (χ0v) is 13.8. The molecule has 21 heavy (non-hydrogen) atoms. The molecule has 1 saturated carbocycles. The van der Waals surface area contributed by atoms with Crippen LogP contribution in [-0.2, 0) is 11.2 Å². The lowest BCUT2D eigenvalue weighted by Crippen LogP contribution is -2.26. The predicted molar refractivity (Wildman–Crippen MR) is 86.6 cm³/mol. The van der Waals surface area contributed by atoms with Gasteiger partial charge in [0.15, 0.2) is 0 Å². The van der Waals surface area contributed by atoms with Gasteiger partial charge in [-0.25, -0.2) is 0 Å². The number of carboxylic acid groups (broad SMARTS) is 1. The molecule has 1 aliphatic rings. The van der Waals surface area contributed by atoms with Crippen molar-refractivity contribution in [3.63, 3.8) is 0 Å². The predicted octanol–water partition coefficient (Wildman–Crippen LogP) is 5.02. The van der Waals surface area contributed by atoms with Gasteiger partial charge in [-0.2, -0.15) is 0 Å². The minimum absolute atomic E-state index is 0.451. The molecule has 1 unspecified atom stereocenters. The number of aliphatic carboxylic acids is 1. The third-order valence-electron chi connectivity index (χ3n) is 4.88. The number of carbonyl (C=O) groups is 1. The molecule has 1 atom stereocenters. The van der Waals surface area contributed by atoms with E-state index in [2.05, 4.69) is 38.1 Å². The molecule has 2 rings (SSSR count). The summed E-state index contributed by atoms with van der Waals surface area (Å²) in [5.74, 6) is -0.0732. The Balaban J connectivity index is 2.07. The largest absolute Gasteiger partial charge is 0.481 e. The Morgan fingerprint density at radius 1 is 1.29 bits per heavy atom. The topological polar surface area (TPSA) is 37.3 Å². The number of hydrogen-bond acceptors (Lipinski definition) is 1. The van der Waals surface area contributed by atoms with Gasteiger partial charge in [0.1, 0.15) is 0 Å². The molecule has 2 nitrogen and oxygen atoms in total. The van der Waals surface area contributed by atoms with Crippen LogP contribution in [-0.4, -0.2) is 11.1 Å². The lowest BCUT2D eigenvalue weighted by Gasteiger charge is -2.35. The molecule has 1 aliphatic carbocycles. The first-order valence-electron chi connectivity index (χ1n) is 8.02. The molecule has 0 radical (unpaired) electrons. The van der Waals surface area contributed by atoms with Crippen LogP contribution in [0, 0.1) is 10.8 Å². The average molecular weight is 288 g/mol. The molecule has 0 spiro atoms. The second-order valence-electron chi connectivity index (χ2n) is 8.06. The van der Waals surface area contributed by atoms with Gasteiger partial charge in [-0.1, -0.05) is 44.5 Å². The monoisotopic (exact) mass is 288 g/mol. The SMILES string of the molecule is CC1(C)CCCC(c2ccc(CC(C)(C)C(=O)O)cc2)C1. The van der Waals surface area contributed by atoms with Gasteiger partial charge in [-0.15, -0.1) is 0 Å². The highest BCUT2D eigenvalue weighted by Gasteiger charge is 2.29. The Morgan fingerprint density at radius 2 is 1.90 bits per heavy atom. The molecule has 0 amide bonds. The van der Waals surface area contributed by atoms with Crippen LogP contribution >= 0.6 is 0 Å². The van der Waals surface area contributed by atoms with Crippen molar-refractivity contribution >= 4 is 5.97 Å². The second kappa shape index (κ2) is 5.82. The zero-order chi connectivity index (χ0) is 15.7. The highest BCUT2D eigenvalue weighted by Crippen LogP contribution is 2.43. The molecule has 1 aromatic carbocycles. The number of rotatable bonds is 4. The van der Waals surface area contributed by atoms with Crippen molar-refractivity contribution in [2.45, 2.75) is 65.7 Å². The Labute approximate surface area is 128 Å². The zero-order valence-electron chi connectivity index (χ0n) is 13.8. The number of hydrogen-bond donors (Lipinski definition) is 1. The van der Waals surface area contributed by atoms with Gasteiger partial charge in [0.2, 0.25) is 0 Å². The molecule has 0 aliphatic heterocycles. The Kier molecular flexibility index (Phi) is 4.46. The fourth-order valence-corrected chi connectivity index (χ4v) is 3.48. The molecule has 0 aromatic heterocycles. The molecule has 116 valence electrons. The van der Waals surface area contributed by atoms with Crippen molar-refractivity contribution in [3.8, 4) is 0 Å². The Hall–Kier alpha value is -1.31. The summed E-state index contributed by atoms with van der Waals surface area (Å²) in [5.41, 5.74) is 2.28. The minimum atomic E-state index is -0.736. The highest BCUT2D eigenvalue weighted by atomic mass is 16.4. The molecule has 1 fully saturated rings. The molecular formula is C19H28O2. The van der Waals surface area contributed by atoms with Crippen molar-refractivity contribution in [1.29, 1.82) is 0 Å². The van der Waals surface area contributed by atoms with Crippen LogP contribution in [0.25, 0.3) is 0 Å². The Morgan fingerprint density at radius 3 is 2.43 bits per heavy atom. The van der Waals surface area contributed by atoms with E-state index in [1.807, 2.05) is 0 Å². The molecule has 1 N–H and O–H groups in total. The quantitative estimate of drug-likeness (QED) is 0.844. The molecular weight excluding hydrogens is 260 g/mol. The van der Waals surface area contributed by atoms with Crippen LogP contribution in [0.4, 0.5) is 0 Å². The summed E-state index contributed by atoms with van der Waals surface area (Å²) < 4.78 is 0. The van der Waals surface area contributed by atoms with Gasteiger partial charge in [0, 0.05) is 0 Å². The van der Waals surface area contributed by atoms with Crippen LogP contribution in [0.15, 0.2) is 24.3 Å². The van der Waals surface area contributed by atoms with Gasteiger partial charge in [-0.3, -0.25) is 4.79 Å². The van der Waals surface area contributed by atoms with Crippen LogP contribution < -0.4 is 0 Å². The summed E-state index contributed by atoms with van der Waals surface area (Å²) in [6.45, 7) is 8.30. The van der Waals surface area contributed by atoms with E-state index in [0.29, 0.717) is 17.8 Å². The van der Waals surface area contributed by atoms with E-state index in [-0.39, 0.29) is 0 Å². The second-order valence-corrected chi connectivity index (χ2v) is 8.06. The molecule has 1 aromatic rings. The summed E-state index contributed by atoms with van der Waals surface area (Å²) in [6, 6.07) is 8.64. The lowest BCUT2D eigenvalue weighted by atomic mass is 9.70. The molecule has 2 heteroatoms. The summed E-state index contributed by atoms with van der Waals surface area (Å²) in [7, 11) is 0. The van der Waals surface area contributed by atoms with Crippen LogP contribution in [0.5, 0.6) is 0 Å². The molecule has 0 saturated heterocycles. The van der Waals surface area contributed by atoms with E-state index >= 15 is 0 Å². The van der Waals surface area contributed by atoms with Gasteiger partial charge in [-0.05, 0) is 62.0 Å². The standard InChI is InChI=1S/C19H28O2/c1-18(2)11-5-6-16(13-18)15-9-7-14(8-10-15)12-19(3,4)17(20)21/h7-10,16H,5-6,11-13H2,1-4H3,(H,20,21). The maximum atomic E-state index is 11.2. The van der Waals surface area contributed by atoms with E-state index in [4.69, 9.17) is 0 Å². The first-order chi connectivity index (χ1) is 9.70. The summed E-state index contributed by atoms with van der Waals surface area (Å²) >= 11 is 0. The van der Waals surface area contributed by atoms with E-state index in [1.54, 1.807) is 13.8 Å². The van der Waals surface area contributed by atoms with Crippen molar-refractivity contribution in [2.24, 2.45) is 10.8 Å². The lowest BCUT2D eigenvalue weighted by molar-refractivity contribution is -0.146. The maximum Gasteiger partial charge on any atom is 0.309 e. The van der Waals surface area contributed by atoms with Gasteiger partial charge in [0.05, 0.1) is 5.41 Å². The fourth-order valence-electron chi connectivity index (χ4n) is 3.48. The van der Waals surface area contributed by atoms with Crippen molar-refractivity contribution < 1.29 is 9.90 Å². The van der Waals surface area contributed by atoms with E-state index < -0.39 is 11.4 Å². The van der Waals surface area contributed by atoms with E-state index in [1.165, 1.54) is 31.2 Å². The maximum absolute atomic E-state index is 11.2. The van der Waals surface area contributed by atoms with Crippen molar-refractivity contribution in [2.75, 3.05) is 0 Å². The average Bonchev–Trinajstić information content (AvgIpc) is 2.37. The van der Waals surface area contributed by atoms with E-state index in [9.17, 15) is 9.90 Å². The first-order valence-corrected chi connectivity index (χ1v) is 8.02. The van der Waals surface area contributed by atoms with Crippen LogP contribution in [0.2, 0.25) is 0 Å². The van der Waals surface area contributed by atoms with Gasteiger partial charge in [0.25, 0.3) is 0 Å². The van der Waals surface area contributed by atoms with Crippen LogP contribution in [0.1, 0.15) is 70.4 Å². The van der Waals surface area contributed by atoms with E-state index in [0.717, 1.165) is 5.56 Å². The molecule has 0 heterocycles. The normalized spacial score (nSPS) is 22.0. The minimum Gasteiger partial charge on any atom is -0.481 e. The highest BCUT2D eigenvalue weighted by molar-refractivity contribution is 5.74. The third-order valence-corrected chi connectivity index (χ3v) is 4.88. The number of benzene rings is 1. The van der Waals surface area contributed by atoms with Crippen molar-refractivity contribution in [1.82, 2.24) is 0 Å². The summed E-state index contributed by atoms with van der Waals surface area (Å²) in [4.78, 5) is 11.2. The summed E-state index contributed by atoms with van der Waals surface area (Å²) in [5, 5.41) is 9.22. The first kappa shape index (κ1) is 16.1.